The number of allylic oxidation sites excluding steroid dienone is 2. The Labute approximate surface area is 92.2 Å². The highest BCUT2D eigenvalue weighted by molar-refractivity contribution is 7.11. The van der Waals surface area contributed by atoms with Crippen LogP contribution in [0.3, 0.4) is 0 Å². The Morgan fingerprint density at radius 3 is 3.13 bits per heavy atom. The average Bonchev–Trinajstić information content (AvgIpc) is 2.53. The maximum absolute atomic E-state index is 5.65. The standard InChI is InChI=1S/C13H9NS/c1-3-10-11-6-4-5-7-12(11)15-13(10)8-9(2)14/h1,5,7-8H,14H2,2H3/b9-8+. The van der Waals surface area contributed by atoms with Crippen LogP contribution in [0.15, 0.2) is 17.5 Å². The average molecular weight is 211 g/mol. The molecule has 0 saturated carbocycles. The van der Waals surface area contributed by atoms with Crippen molar-refractivity contribution in [3.8, 4) is 12.3 Å². The summed E-state index contributed by atoms with van der Waals surface area (Å²) in [5.41, 5.74) is 13.2. The van der Waals surface area contributed by atoms with E-state index in [1.54, 1.807) is 11.3 Å². The molecular weight excluding hydrogens is 202 g/mol. The third-order valence-electron chi connectivity index (χ3n) is 1.98. The Morgan fingerprint density at radius 1 is 1.67 bits per heavy atom. The van der Waals surface area contributed by atoms with Gasteiger partial charge in [0.25, 0.3) is 0 Å². The maximum Gasteiger partial charge on any atom is 0.0592 e. The van der Waals surface area contributed by atoms with E-state index in [0.717, 1.165) is 25.9 Å². The molecule has 2 rings (SSSR count). The Morgan fingerprint density at radius 2 is 2.47 bits per heavy atom. The molecule has 72 valence electrons. The first kappa shape index (κ1) is 9.65. The molecule has 0 radical (unpaired) electrons. The maximum atomic E-state index is 5.65. The van der Waals surface area contributed by atoms with Gasteiger partial charge in [-0.1, -0.05) is 17.4 Å². The van der Waals surface area contributed by atoms with Crippen molar-refractivity contribution in [1.29, 1.82) is 0 Å². The fourth-order valence-electron chi connectivity index (χ4n) is 1.39. The van der Waals surface area contributed by atoms with E-state index < -0.39 is 0 Å². The van der Waals surface area contributed by atoms with Gasteiger partial charge in [0.05, 0.1) is 10.8 Å². The highest BCUT2D eigenvalue weighted by Crippen LogP contribution is 2.11. The largest absolute Gasteiger partial charge is 0.402 e. The molecule has 0 atom stereocenters. The van der Waals surface area contributed by atoms with Gasteiger partial charge in [-0.3, -0.25) is 0 Å². The van der Waals surface area contributed by atoms with E-state index >= 15 is 0 Å². The lowest BCUT2D eigenvalue weighted by atomic mass is 10.2. The lowest BCUT2D eigenvalue weighted by Crippen LogP contribution is -2.19. The molecule has 2 heteroatoms. The molecule has 0 aliphatic heterocycles. The van der Waals surface area contributed by atoms with Crippen LogP contribution in [0.25, 0.3) is 17.9 Å². The van der Waals surface area contributed by atoms with Crippen LogP contribution in [0.4, 0.5) is 0 Å². The molecular formula is C13H9NS. The molecule has 0 unspecified atom stereocenters. The molecule has 0 saturated heterocycles. The molecule has 15 heavy (non-hydrogen) atoms. The zero-order valence-electron chi connectivity index (χ0n) is 8.29. The lowest BCUT2D eigenvalue weighted by Gasteiger charge is -1.90. The topological polar surface area (TPSA) is 26.0 Å². The summed E-state index contributed by atoms with van der Waals surface area (Å²) in [6.45, 7) is 1.85. The van der Waals surface area contributed by atoms with Crippen LogP contribution in [0, 0.1) is 12.3 Å². The Balaban J connectivity index is 2.87. The van der Waals surface area contributed by atoms with Crippen LogP contribution in [0.2, 0.25) is 0 Å². The number of thiophene rings is 1. The van der Waals surface area contributed by atoms with E-state index in [-0.39, 0.29) is 0 Å². The van der Waals surface area contributed by atoms with Crippen molar-refractivity contribution >= 4 is 29.2 Å². The summed E-state index contributed by atoms with van der Waals surface area (Å²) < 4.78 is 1.12. The number of terminal acetylenes is 1. The molecule has 1 heterocycles. The molecule has 0 amide bonds. The number of fused-ring (bicyclic) bond motifs is 1. The molecule has 2 N–H and O–H groups in total. The minimum atomic E-state index is 0.752. The molecule has 1 aliphatic carbocycles. The second-order valence-corrected chi connectivity index (χ2v) is 4.30. The van der Waals surface area contributed by atoms with E-state index in [1.165, 1.54) is 0 Å². The summed E-state index contributed by atoms with van der Waals surface area (Å²) in [5, 5.41) is 0.956. The minimum Gasteiger partial charge on any atom is -0.402 e. The summed E-state index contributed by atoms with van der Waals surface area (Å²) in [6, 6.07) is 0. The molecule has 1 aromatic heterocycles. The van der Waals surface area contributed by atoms with Gasteiger partial charge in [-0.2, -0.15) is 0 Å². The van der Waals surface area contributed by atoms with Crippen LogP contribution in [-0.2, 0) is 0 Å². The predicted molar refractivity (Wildman–Crippen MR) is 65.3 cm³/mol. The smallest absolute Gasteiger partial charge is 0.0592 e. The zero-order chi connectivity index (χ0) is 10.8. The Kier molecular flexibility index (Phi) is 2.37. The van der Waals surface area contributed by atoms with Crippen LogP contribution in [-0.4, -0.2) is 0 Å². The molecule has 0 bridgehead atoms. The first-order chi connectivity index (χ1) is 7.22. The summed E-state index contributed by atoms with van der Waals surface area (Å²) in [4.78, 5) is 1.02. The van der Waals surface area contributed by atoms with Gasteiger partial charge in [-0.15, -0.1) is 17.8 Å². The highest BCUT2D eigenvalue weighted by Gasteiger charge is 2.05. The van der Waals surface area contributed by atoms with Crippen LogP contribution >= 0.6 is 11.3 Å². The van der Waals surface area contributed by atoms with Crippen molar-refractivity contribution < 1.29 is 0 Å². The van der Waals surface area contributed by atoms with Crippen LogP contribution in [0.1, 0.15) is 17.4 Å². The normalized spacial score (nSPS) is 12.7. The van der Waals surface area contributed by atoms with Crippen molar-refractivity contribution in [2.45, 2.75) is 6.92 Å². The van der Waals surface area contributed by atoms with E-state index in [2.05, 4.69) is 17.4 Å². The van der Waals surface area contributed by atoms with Gasteiger partial charge in [-0.25, -0.2) is 0 Å². The first-order valence-corrected chi connectivity index (χ1v) is 5.29. The van der Waals surface area contributed by atoms with Crippen molar-refractivity contribution in [3.05, 3.63) is 37.7 Å². The lowest BCUT2D eigenvalue weighted by molar-refractivity contribution is 1.34. The highest BCUT2D eigenvalue weighted by atomic mass is 32.1. The zero-order valence-corrected chi connectivity index (χ0v) is 9.11. The Hall–Kier alpha value is -1.90. The van der Waals surface area contributed by atoms with Crippen molar-refractivity contribution in [2.75, 3.05) is 0 Å². The van der Waals surface area contributed by atoms with Crippen molar-refractivity contribution in [1.82, 2.24) is 0 Å². The monoisotopic (exact) mass is 211 g/mol. The predicted octanol–water partition coefficient (Wildman–Crippen LogP) is 0.934. The van der Waals surface area contributed by atoms with Gasteiger partial charge in [0.2, 0.25) is 0 Å². The molecule has 1 aromatic rings. The fraction of sp³-hybridized carbons (Fsp3) is 0.0769. The summed E-state index contributed by atoms with van der Waals surface area (Å²) in [6.07, 6.45) is 11.2. The third kappa shape index (κ3) is 1.68. The van der Waals surface area contributed by atoms with E-state index in [0.29, 0.717) is 0 Å². The molecule has 0 aromatic carbocycles. The molecule has 1 aliphatic rings. The quantitative estimate of drug-likeness (QED) is 0.543. The summed E-state index contributed by atoms with van der Waals surface area (Å²) in [5.74, 6) is 2.68. The number of hydrogen-bond acceptors (Lipinski definition) is 2. The van der Waals surface area contributed by atoms with Crippen molar-refractivity contribution in [2.24, 2.45) is 5.73 Å². The van der Waals surface area contributed by atoms with E-state index in [4.69, 9.17) is 12.2 Å². The second kappa shape index (κ2) is 3.69. The number of rotatable bonds is 1. The Bertz CT molecular complexity index is 663. The molecule has 0 fully saturated rings. The van der Waals surface area contributed by atoms with Gasteiger partial charge in [-0.05, 0) is 25.2 Å². The van der Waals surface area contributed by atoms with E-state index in [1.807, 2.05) is 25.2 Å². The van der Waals surface area contributed by atoms with Crippen LogP contribution in [0.5, 0.6) is 0 Å². The van der Waals surface area contributed by atoms with Gasteiger partial charge < -0.3 is 5.73 Å². The molecule has 0 spiro atoms. The SMILES string of the molecule is C#Cc1c(/C=C(\C)N)sc2c1=C=C=CC=2. The number of hydrogen-bond donors (Lipinski definition) is 1. The minimum absolute atomic E-state index is 0.752. The van der Waals surface area contributed by atoms with Crippen LogP contribution < -0.4 is 15.5 Å². The molecule has 1 nitrogen and oxygen atoms in total. The number of nitrogens with two attached hydrogens (primary N) is 1. The van der Waals surface area contributed by atoms with Gasteiger partial charge in [0.15, 0.2) is 0 Å². The summed E-state index contributed by atoms with van der Waals surface area (Å²) >= 11 is 1.63. The van der Waals surface area contributed by atoms with Crippen molar-refractivity contribution in [3.63, 3.8) is 0 Å². The van der Waals surface area contributed by atoms with E-state index in [9.17, 15) is 0 Å². The summed E-state index contributed by atoms with van der Waals surface area (Å²) in [7, 11) is 0. The first-order valence-electron chi connectivity index (χ1n) is 4.47. The second-order valence-electron chi connectivity index (χ2n) is 3.22. The van der Waals surface area contributed by atoms with Gasteiger partial charge in [0, 0.05) is 15.1 Å². The fourth-order valence-corrected chi connectivity index (χ4v) is 2.53. The van der Waals surface area contributed by atoms with Gasteiger partial charge in [0.1, 0.15) is 0 Å². The van der Waals surface area contributed by atoms with Gasteiger partial charge >= 0.3 is 0 Å². The third-order valence-corrected chi connectivity index (χ3v) is 3.08.